The summed E-state index contributed by atoms with van der Waals surface area (Å²) in [5.41, 5.74) is 28.3. The van der Waals surface area contributed by atoms with Gasteiger partial charge in [0.25, 0.3) is 0 Å². The van der Waals surface area contributed by atoms with E-state index in [-0.39, 0.29) is 45.2 Å². The zero-order chi connectivity index (χ0) is 68.4. The Kier molecular flexibility index (Phi) is 29.5. The average molecular weight is 1300 g/mol. The molecular formula is C69H101N15O10. The molecule has 6 aromatic rings. The van der Waals surface area contributed by atoms with E-state index in [4.69, 9.17) is 22.9 Å². The second kappa shape index (κ2) is 37.3. The molecule has 12 atom stereocenters. The number of hydrogen-bond donors (Lipinski definition) is 16. The van der Waals surface area contributed by atoms with Gasteiger partial charge >= 0.3 is 5.97 Å². The molecule has 3 aromatic carbocycles. The highest BCUT2D eigenvalue weighted by Crippen LogP contribution is 2.24. The molecule has 0 aliphatic rings. The molecule has 0 aliphatic heterocycles. The fourth-order valence-corrected chi connectivity index (χ4v) is 11.5. The maximum absolute atomic E-state index is 15.2. The molecule has 94 heavy (non-hydrogen) atoms. The molecule has 20 N–H and O–H groups in total. The minimum Gasteiger partial charge on any atom is -0.480 e. The summed E-state index contributed by atoms with van der Waals surface area (Å²) in [7, 11) is 0. The smallest absolute Gasteiger partial charge is 0.326 e. The third-order valence-corrected chi connectivity index (χ3v) is 18.0. The second-order valence-corrected chi connectivity index (χ2v) is 24.9. The van der Waals surface area contributed by atoms with Crippen molar-refractivity contribution in [2.45, 2.75) is 192 Å². The Labute approximate surface area is 550 Å². The highest BCUT2D eigenvalue weighted by Gasteiger charge is 2.38. The summed E-state index contributed by atoms with van der Waals surface area (Å²) in [5.74, 6) is -8.34. The van der Waals surface area contributed by atoms with Crippen LogP contribution < -0.4 is 65.5 Å². The minimum atomic E-state index is -1.38. The quantitative estimate of drug-likeness (QED) is 0.0242. The van der Waals surface area contributed by atoms with Crippen LogP contribution in [0.5, 0.6) is 0 Å². The van der Waals surface area contributed by atoms with Gasteiger partial charge in [-0.1, -0.05) is 122 Å². The number of aliphatic carboxylic acids is 1. The van der Waals surface area contributed by atoms with Crippen molar-refractivity contribution in [2.75, 3.05) is 19.6 Å². The Morgan fingerprint density at radius 3 is 1.00 bits per heavy atom. The standard InChI is InChI=1S/C69H101N15O10/c1-7-40(4)58(82-64(88)55(79-61(85)49(73)25-16-19-31-70)34-43-37-74-50-26-13-10-22-46(43)50)67(91)77-53(29-17-20-32-71)62(86)80-56(35-44-38-75-51-27-14-11-23-47(44)51)65(89)83-59(41(5)8-2)68(92)78-54(30-18-21-33-72)63(87)81-57(66(90)84-60(69(93)94)42(6)9-3)36-45-39-76-52-28-15-12-24-48(45)52/h10-15,22-24,26-28,37-42,49,53-60,74-76H,7-9,16-21,25,29-36,70-73H2,1-6H3,(H,77,91)(H,78,92)(H,79,85)(H,80,86)(H,81,87)(H,82,88)(H,83,89)(H,84,90)(H,93,94)/t40-,41-,42-,49-,53-,54-,55-,56-,57-,58-,59-,60-/m0/s1. The number of nitrogens with two attached hydrogens (primary N) is 4. The van der Waals surface area contributed by atoms with Gasteiger partial charge in [-0.25, -0.2) is 4.79 Å². The zero-order valence-electron chi connectivity index (χ0n) is 55.2. The van der Waals surface area contributed by atoms with Crippen molar-refractivity contribution in [2.24, 2.45) is 40.7 Å². The van der Waals surface area contributed by atoms with E-state index in [1.165, 1.54) is 0 Å². The number of H-pyrrole nitrogens is 3. The summed E-state index contributed by atoms with van der Waals surface area (Å²) in [4.78, 5) is 139. The van der Waals surface area contributed by atoms with Crippen molar-refractivity contribution in [1.29, 1.82) is 0 Å². The molecule has 25 nitrogen and oxygen atoms in total. The number of hydrogen-bond acceptors (Lipinski definition) is 13. The predicted octanol–water partition coefficient (Wildman–Crippen LogP) is 3.97. The molecule has 6 rings (SSSR count). The first kappa shape index (κ1) is 74.4. The maximum Gasteiger partial charge on any atom is 0.326 e. The van der Waals surface area contributed by atoms with E-state index < -0.39 is 125 Å². The number of carboxylic acid groups (broad SMARTS) is 1. The molecule has 3 heterocycles. The lowest BCUT2D eigenvalue weighted by Crippen LogP contribution is -2.62. The van der Waals surface area contributed by atoms with Crippen molar-refractivity contribution in [3.8, 4) is 0 Å². The predicted molar refractivity (Wildman–Crippen MR) is 364 cm³/mol. The van der Waals surface area contributed by atoms with E-state index in [0.717, 1.165) is 38.3 Å². The van der Waals surface area contributed by atoms with E-state index in [1.807, 2.05) is 86.6 Å². The monoisotopic (exact) mass is 1300 g/mol. The number of benzene rings is 3. The van der Waals surface area contributed by atoms with Gasteiger partial charge in [-0.05, 0) is 124 Å². The van der Waals surface area contributed by atoms with Crippen LogP contribution in [0, 0.1) is 17.8 Å². The number of aromatic nitrogens is 3. The highest BCUT2D eigenvalue weighted by molar-refractivity contribution is 5.99. The second-order valence-electron chi connectivity index (χ2n) is 24.9. The molecule has 0 saturated heterocycles. The first-order valence-electron chi connectivity index (χ1n) is 33.3. The van der Waals surface area contributed by atoms with Crippen LogP contribution in [-0.2, 0) is 62.4 Å². The van der Waals surface area contributed by atoms with Crippen molar-refractivity contribution >= 4 is 85.9 Å². The first-order chi connectivity index (χ1) is 45.2. The number of aromatic amines is 3. The molecule has 3 aromatic heterocycles. The van der Waals surface area contributed by atoms with Crippen molar-refractivity contribution < 1.29 is 48.3 Å². The number of carbonyl (C=O) groups is 9. The third kappa shape index (κ3) is 20.9. The number of amides is 8. The fourth-order valence-electron chi connectivity index (χ4n) is 11.5. The van der Waals surface area contributed by atoms with Crippen molar-refractivity contribution in [3.05, 3.63) is 108 Å². The number of nitrogens with one attached hydrogen (secondary N) is 11. The van der Waals surface area contributed by atoms with E-state index in [9.17, 15) is 38.7 Å². The Morgan fingerprint density at radius 2 is 0.670 bits per heavy atom. The van der Waals surface area contributed by atoms with Crippen LogP contribution in [0.15, 0.2) is 91.4 Å². The lowest BCUT2D eigenvalue weighted by Gasteiger charge is -2.30. The van der Waals surface area contributed by atoms with Crippen LogP contribution >= 0.6 is 0 Å². The van der Waals surface area contributed by atoms with Crippen molar-refractivity contribution in [3.63, 3.8) is 0 Å². The summed E-state index contributed by atoms with van der Waals surface area (Å²) in [5, 5.41) is 35.4. The number of para-hydroxylation sites is 3. The Morgan fingerprint density at radius 1 is 0.383 bits per heavy atom. The lowest BCUT2D eigenvalue weighted by molar-refractivity contribution is -0.144. The summed E-state index contributed by atoms with van der Waals surface area (Å²) >= 11 is 0. The normalized spacial score (nSPS) is 15.4. The van der Waals surface area contributed by atoms with Gasteiger partial charge in [-0.3, -0.25) is 38.4 Å². The van der Waals surface area contributed by atoms with Gasteiger partial charge < -0.3 is 85.5 Å². The lowest BCUT2D eigenvalue weighted by atomic mass is 9.95. The largest absolute Gasteiger partial charge is 0.480 e. The molecule has 0 unspecified atom stereocenters. The molecule has 25 heteroatoms. The molecule has 512 valence electrons. The summed E-state index contributed by atoms with van der Waals surface area (Å²) in [6, 6.07) is 11.2. The van der Waals surface area contributed by atoms with Crippen LogP contribution in [0.25, 0.3) is 32.7 Å². The fraction of sp³-hybridized carbons (Fsp3) is 0.522. The van der Waals surface area contributed by atoms with E-state index in [1.54, 1.807) is 46.3 Å². The van der Waals surface area contributed by atoms with Gasteiger partial charge in [0.15, 0.2) is 0 Å². The SMILES string of the molecule is CC[C@H](C)[C@H](NC(=O)[C@H](Cc1c[nH]c2ccccc12)NC(=O)[C@H](CCCCN)NC(=O)[C@@H](NC(=O)[C@H](Cc1c[nH]c2ccccc12)NC(=O)[C@H](CCCCN)NC(=O)[C@@H](NC(=O)[C@H](Cc1c[nH]c2ccccc12)NC(=O)[C@@H](N)CCCCN)[C@@H](C)CC)[C@@H](C)CC)C(=O)O. The van der Waals surface area contributed by atoms with Crippen molar-refractivity contribution in [1.82, 2.24) is 57.5 Å². The molecule has 0 fully saturated rings. The Hall–Kier alpha value is -8.65. The average Bonchev–Trinajstić information content (AvgIpc) is 1.64. The number of unbranched alkanes of at least 4 members (excludes halogenated alkanes) is 3. The van der Waals surface area contributed by atoms with Crippen LogP contribution in [0.4, 0.5) is 0 Å². The molecule has 0 radical (unpaired) electrons. The summed E-state index contributed by atoms with van der Waals surface area (Å²) in [6.07, 6.45) is 9.83. The molecule has 8 amide bonds. The van der Waals surface area contributed by atoms with Crippen LogP contribution in [0.3, 0.4) is 0 Å². The molecular weight excluding hydrogens is 1200 g/mol. The van der Waals surface area contributed by atoms with Gasteiger partial charge in [0.2, 0.25) is 47.3 Å². The molecule has 0 bridgehead atoms. The third-order valence-electron chi connectivity index (χ3n) is 18.0. The topological polar surface area (TPSA) is 422 Å². The summed E-state index contributed by atoms with van der Waals surface area (Å²) in [6.45, 7) is 11.7. The molecule has 0 aliphatic carbocycles. The van der Waals surface area contributed by atoms with E-state index in [2.05, 4.69) is 57.5 Å². The van der Waals surface area contributed by atoms with E-state index >= 15 is 9.59 Å². The minimum absolute atomic E-state index is 0.0410. The van der Waals surface area contributed by atoms with Crippen LogP contribution in [-0.4, -0.2) is 147 Å². The van der Waals surface area contributed by atoms with Gasteiger partial charge in [-0.2, -0.15) is 0 Å². The number of fused-ring (bicyclic) bond motifs is 3. The Bertz CT molecular complexity index is 3470. The number of rotatable bonds is 41. The Balaban J connectivity index is 1.28. The maximum atomic E-state index is 15.2. The summed E-state index contributed by atoms with van der Waals surface area (Å²) < 4.78 is 0. The van der Waals surface area contributed by atoms with Gasteiger partial charge in [0, 0.05) is 70.6 Å². The van der Waals surface area contributed by atoms with Crippen LogP contribution in [0.2, 0.25) is 0 Å². The van der Waals surface area contributed by atoms with Gasteiger partial charge in [-0.15, -0.1) is 0 Å². The number of carbonyl (C=O) groups excluding carboxylic acids is 8. The number of carboxylic acids is 1. The van der Waals surface area contributed by atoms with Crippen LogP contribution in [0.1, 0.15) is 135 Å². The molecule has 0 saturated carbocycles. The highest BCUT2D eigenvalue weighted by atomic mass is 16.4. The van der Waals surface area contributed by atoms with Gasteiger partial charge in [0.1, 0.15) is 48.3 Å². The zero-order valence-corrected chi connectivity index (χ0v) is 55.2. The first-order valence-corrected chi connectivity index (χ1v) is 33.3. The van der Waals surface area contributed by atoms with E-state index in [0.29, 0.717) is 81.9 Å². The molecule has 0 spiro atoms. The van der Waals surface area contributed by atoms with Gasteiger partial charge in [0.05, 0.1) is 6.04 Å².